The number of carbonyl (C=O) groups excluding carboxylic acids is 3. The van der Waals surface area contributed by atoms with Gasteiger partial charge in [-0.1, -0.05) is 59.1 Å². The van der Waals surface area contributed by atoms with Crippen LogP contribution in [0.2, 0.25) is 10.0 Å². The standard InChI is InChI=1S/C29H18Cl3N3O4/c30-18-9-14-24(23(31)16-18)34-27(36)17-5-4-6-19(15-17)33-26-25(32)28(37)35(29(26)38)20-10-12-22(13-11-20)39-21-7-2-1-3-8-21/h1-16,33H,(H,34,36). The molecular weight excluding hydrogens is 561 g/mol. The van der Waals surface area contributed by atoms with Gasteiger partial charge in [0.25, 0.3) is 17.7 Å². The number of benzene rings is 4. The summed E-state index contributed by atoms with van der Waals surface area (Å²) < 4.78 is 5.77. The number of imide groups is 1. The van der Waals surface area contributed by atoms with E-state index in [-0.39, 0.29) is 21.3 Å². The van der Waals surface area contributed by atoms with Crippen molar-refractivity contribution in [1.29, 1.82) is 0 Å². The molecule has 0 atom stereocenters. The Balaban J connectivity index is 1.30. The van der Waals surface area contributed by atoms with Crippen molar-refractivity contribution in [2.24, 2.45) is 0 Å². The van der Waals surface area contributed by atoms with E-state index in [1.54, 1.807) is 54.6 Å². The molecule has 0 aliphatic carbocycles. The number of hydrogen-bond donors (Lipinski definition) is 2. The van der Waals surface area contributed by atoms with Crippen molar-refractivity contribution in [2.75, 3.05) is 15.5 Å². The molecule has 2 N–H and O–H groups in total. The van der Waals surface area contributed by atoms with Crippen molar-refractivity contribution in [2.45, 2.75) is 0 Å². The molecule has 0 unspecified atom stereocenters. The number of nitrogens with zero attached hydrogens (tertiary/aromatic N) is 1. The summed E-state index contributed by atoms with van der Waals surface area (Å²) in [4.78, 5) is 39.8. The van der Waals surface area contributed by atoms with Gasteiger partial charge in [-0.25, -0.2) is 4.90 Å². The first-order valence-corrected chi connectivity index (χ1v) is 12.7. The first-order valence-electron chi connectivity index (χ1n) is 11.5. The third-order valence-corrected chi connectivity index (χ3v) is 6.57. The lowest BCUT2D eigenvalue weighted by atomic mass is 10.1. The zero-order valence-electron chi connectivity index (χ0n) is 20.0. The SMILES string of the molecule is O=C(Nc1ccc(Cl)cc1Cl)c1cccc(NC2=C(Cl)C(=O)N(c3ccc(Oc4ccccc4)cc3)C2=O)c1. The first-order chi connectivity index (χ1) is 18.8. The van der Waals surface area contributed by atoms with Gasteiger partial charge in [0.15, 0.2) is 0 Å². The third-order valence-electron chi connectivity index (χ3n) is 5.67. The molecule has 10 heteroatoms. The summed E-state index contributed by atoms with van der Waals surface area (Å²) in [7, 11) is 0. The van der Waals surface area contributed by atoms with E-state index in [9.17, 15) is 14.4 Å². The van der Waals surface area contributed by atoms with Gasteiger partial charge in [0.1, 0.15) is 22.2 Å². The summed E-state index contributed by atoms with van der Waals surface area (Å²) in [6.07, 6.45) is 0. The maximum atomic E-state index is 13.2. The molecule has 1 aliphatic heterocycles. The fourth-order valence-corrected chi connectivity index (χ4v) is 4.47. The Kier molecular flexibility index (Phi) is 7.56. The minimum atomic E-state index is -0.674. The van der Waals surface area contributed by atoms with Gasteiger partial charge in [-0.2, -0.15) is 0 Å². The number of anilines is 3. The third kappa shape index (κ3) is 5.76. The van der Waals surface area contributed by atoms with Crippen LogP contribution in [0.4, 0.5) is 17.1 Å². The van der Waals surface area contributed by atoms with Crippen molar-refractivity contribution < 1.29 is 19.1 Å². The quantitative estimate of drug-likeness (QED) is 0.222. The highest BCUT2D eigenvalue weighted by Gasteiger charge is 2.39. The Hall–Kier alpha value is -4.30. The molecule has 39 heavy (non-hydrogen) atoms. The summed E-state index contributed by atoms with van der Waals surface area (Å²) >= 11 is 18.3. The number of para-hydroxylation sites is 1. The van der Waals surface area contributed by atoms with E-state index in [2.05, 4.69) is 10.6 Å². The normalized spacial score (nSPS) is 13.1. The second kappa shape index (κ2) is 11.2. The van der Waals surface area contributed by atoms with Crippen molar-refractivity contribution in [3.05, 3.63) is 123 Å². The fourth-order valence-electron chi connectivity index (χ4n) is 3.80. The van der Waals surface area contributed by atoms with Gasteiger partial charge in [-0.15, -0.1) is 0 Å². The highest BCUT2D eigenvalue weighted by molar-refractivity contribution is 6.53. The molecule has 0 radical (unpaired) electrons. The Labute approximate surface area is 238 Å². The molecule has 1 aliphatic rings. The summed E-state index contributed by atoms with van der Waals surface area (Å²) in [6, 6.07) is 26.8. The number of nitrogens with one attached hydrogen (secondary N) is 2. The molecular formula is C29H18Cl3N3O4. The molecule has 0 bridgehead atoms. The van der Waals surface area contributed by atoms with Crippen LogP contribution < -0.4 is 20.3 Å². The number of hydrogen-bond acceptors (Lipinski definition) is 5. The van der Waals surface area contributed by atoms with E-state index < -0.39 is 17.7 Å². The fraction of sp³-hybridized carbons (Fsp3) is 0. The second-order valence-corrected chi connectivity index (χ2v) is 9.55. The van der Waals surface area contributed by atoms with E-state index in [0.29, 0.717) is 33.6 Å². The van der Waals surface area contributed by atoms with Crippen LogP contribution in [0.5, 0.6) is 11.5 Å². The Morgan fingerprint density at radius 2 is 1.46 bits per heavy atom. The minimum absolute atomic E-state index is 0.107. The lowest BCUT2D eigenvalue weighted by Crippen LogP contribution is -2.32. The number of halogens is 3. The van der Waals surface area contributed by atoms with Gasteiger partial charge in [-0.3, -0.25) is 14.4 Å². The van der Waals surface area contributed by atoms with Crippen molar-refractivity contribution in [3.63, 3.8) is 0 Å². The Morgan fingerprint density at radius 3 is 2.18 bits per heavy atom. The van der Waals surface area contributed by atoms with Crippen LogP contribution in [0.25, 0.3) is 0 Å². The largest absolute Gasteiger partial charge is 0.457 e. The molecule has 0 saturated heterocycles. The predicted octanol–water partition coefficient (Wildman–Crippen LogP) is 7.47. The zero-order valence-corrected chi connectivity index (χ0v) is 22.2. The van der Waals surface area contributed by atoms with Gasteiger partial charge in [0.05, 0.1) is 16.4 Å². The first kappa shape index (κ1) is 26.3. The van der Waals surface area contributed by atoms with E-state index in [4.69, 9.17) is 39.5 Å². The van der Waals surface area contributed by atoms with Gasteiger partial charge >= 0.3 is 0 Å². The topological polar surface area (TPSA) is 87.7 Å². The molecule has 4 aromatic carbocycles. The molecule has 0 fully saturated rings. The van der Waals surface area contributed by atoms with Gasteiger partial charge in [0.2, 0.25) is 0 Å². The molecule has 194 valence electrons. The monoisotopic (exact) mass is 577 g/mol. The van der Waals surface area contributed by atoms with E-state index in [1.807, 2.05) is 30.3 Å². The number of ether oxygens (including phenoxy) is 1. The number of amides is 3. The molecule has 0 saturated carbocycles. The summed E-state index contributed by atoms with van der Waals surface area (Å²) in [5, 5.41) is 6.05. The maximum absolute atomic E-state index is 13.2. The average molecular weight is 579 g/mol. The smallest absolute Gasteiger partial charge is 0.283 e. The van der Waals surface area contributed by atoms with Crippen LogP contribution in [0.1, 0.15) is 10.4 Å². The maximum Gasteiger partial charge on any atom is 0.283 e. The van der Waals surface area contributed by atoms with Gasteiger partial charge in [0, 0.05) is 16.3 Å². The van der Waals surface area contributed by atoms with Crippen LogP contribution in [0.15, 0.2) is 108 Å². The zero-order chi connectivity index (χ0) is 27.5. The lowest BCUT2D eigenvalue weighted by molar-refractivity contribution is -0.120. The number of carbonyl (C=O) groups is 3. The van der Waals surface area contributed by atoms with Crippen LogP contribution >= 0.6 is 34.8 Å². The molecule has 0 spiro atoms. The second-order valence-electron chi connectivity index (χ2n) is 8.33. The van der Waals surface area contributed by atoms with Crippen molar-refractivity contribution in [3.8, 4) is 11.5 Å². The van der Waals surface area contributed by atoms with Crippen LogP contribution in [-0.2, 0) is 9.59 Å². The summed E-state index contributed by atoms with van der Waals surface area (Å²) in [5.74, 6) is -0.550. The number of rotatable bonds is 7. The highest BCUT2D eigenvalue weighted by atomic mass is 35.5. The molecule has 5 rings (SSSR count). The average Bonchev–Trinajstić information content (AvgIpc) is 3.14. The lowest BCUT2D eigenvalue weighted by Gasteiger charge is -2.16. The molecule has 3 amide bonds. The van der Waals surface area contributed by atoms with Crippen LogP contribution in [-0.4, -0.2) is 17.7 Å². The van der Waals surface area contributed by atoms with Crippen molar-refractivity contribution in [1.82, 2.24) is 0 Å². The summed E-state index contributed by atoms with van der Waals surface area (Å²) in [5.41, 5.74) is 1.28. The van der Waals surface area contributed by atoms with Gasteiger partial charge in [-0.05, 0) is 72.8 Å². The van der Waals surface area contributed by atoms with E-state index in [0.717, 1.165) is 4.90 Å². The van der Waals surface area contributed by atoms with Crippen LogP contribution in [0.3, 0.4) is 0 Å². The predicted molar refractivity (Wildman–Crippen MR) is 153 cm³/mol. The molecule has 7 nitrogen and oxygen atoms in total. The van der Waals surface area contributed by atoms with Crippen molar-refractivity contribution >= 4 is 69.6 Å². The molecule has 4 aromatic rings. The highest BCUT2D eigenvalue weighted by Crippen LogP contribution is 2.32. The van der Waals surface area contributed by atoms with Gasteiger partial charge < -0.3 is 15.4 Å². The minimum Gasteiger partial charge on any atom is -0.457 e. The van der Waals surface area contributed by atoms with E-state index in [1.165, 1.54) is 12.1 Å². The van der Waals surface area contributed by atoms with Crippen LogP contribution in [0, 0.1) is 0 Å². The Morgan fingerprint density at radius 1 is 0.744 bits per heavy atom. The summed E-state index contributed by atoms with van der Waals surface area (Å²) in [6.45, 7) is 0. The Bertz CT molecular complexity index is 1620. The van der Waals surface area contributed by atoms with E-state index >= 15 is 0 Å². The molecule has 1 heterocycles. The molecule has 0 aromatic heterocycles.